The summed E-state index contributed by atoms with van der Waals surface area (Å²) in [5.41, 5.74) is 0.680. The van der Waals surface area contributed by atoms with E-state index in [9.17, 15) is 13.2 Å². The van der Waals surface area contributed by atoms with E-state index in [0.717, 1.165) is 23.4 Å². The first-order valence-corrected chi connectivity index (χ1v) is 8.32. The van der Waals surface area contributed by atoms with Crippen molar-refractivity contribution in [1.29, 1.82) is 0 Å². The number of methoxy groups -OCH3 is 1. The summed E-state index contributed by atoms with van der Waals surface area (Å²) in [5, 5.41) is 3.32. The minimum absolute atomic E-state index is 0.188. The maximum atomic E-state index is 12.7. The van der Waals surface area contributed by atoms with E-state index < -0.39 is 11.7 Å². The van der Waals surface area contributed by atoms with Crippen LogP contribution in [0.25, 0.3) is 11.4 Å². The van der Waals surface area contributed by atoms with Crippen molar-refractivity contribution in [2.24, 2.45) is 0 Å². The summed E-state index contributed by atoms with van der Waals surface area (Å²) in [6.45, 7) is 0.469. The number of halogens is 4. The molecule has 1 N–H and O–H groups in total. The van der Waals surface area contributed by atoms with E-state index in [1.54, 1.807) is 13.2 Å². The summed E-state index contributed by atoms with van der Waals surface area (Å²) < 4.78 is 43.3. The van der Waals surface area contributed by atoms with Gasteiger partial charge in [0, 0.05) is 18.2 Å². The number of nitrogens with zero attached hydrogens (tertiary/aromatic N) is 2. The maximum Gasteiger partial charge on any atom is 0.416 e. The number of anilines is 1. The fourth-order valence-corrected chi connectivity index (χ4v) is 2.60. The van der Waals surface area contributed by atoms with Crippen LogP contribution in [0, 0.1) is 0 Å². The van der Waals surface area contributed by atoms with E-state index in [-0.39, 0.29) is 11.0 Å². The van der Waals surface area contributed by atoms with E-state index >= 15 is 0 Å². The van der Waals surface area contributed by atoms with Crippen molar-refractivity contribution >= 4 is 17.4 Å². The van der Waals surface area contributed by atoms with Gasteiger partial charge in [-0.2, -0.15) is 13.2 Å². The molecule has 8 heteroatoms. The van der Waals surface area contributed by atoms with Crippen molar-refractivity contribution in [3.05, 3.63) is 70.9 Å². The lowest BCUT2D eigenvalue weighted by atomic mass is 10.1. The second kappa shape index (κ2) is 7.84. The number of aromatic nitrogens is 2. The number of hydrogen-bond donors (Lipinski definition) is 1. The van der Waals surface area contributed by atoms with Gasteiger partial charge in [-0.25, -0.2) is 9.97 Å². The molecule has 0 aliphatic carbocycles. The number of benzene rings is 2. The average molecular weight is 394 g/mol. The zero-order valence-electron chi connectivity index (χ0n) is 14.2. The van der Waals surface area contributed by atoms with E-state index in [1.165, 1.54) is 12.1 Å². The summed E-state index contributed by atoms with van der Waals surface area (Å²) in [4.78, 5) is 8.43. The summed E-state index contributed by atoms with van der Waals surface area (Å²) in [5.74, 6) is 1.44. The first kappa shape index (κ1) is 19.0. The van der Waals surface area contributed by atoms with Gasteiger partial charge in [0.05, 0.1) is 12.7 Å². The van der Waals surface area contributed by atoms with Crippen LogP contribution in [-0.4, -0.2) is 17.1 Å². The van der Waals surface area contributed by atoms with Crippen LogP contribution in [0.15, 0.2) is 54.6 Å². The summed E-state index contributed by atoms with van der Waals surface area (Å²) >= 11 is 6.04. The zero-order valence-corrected chi connectivity index (χ0v) is 15.0. The van der Waals surface area contributed by atoms with Gasteiger partial charge in [0.25, 0.3) is 0 Å². The monoisotopic (exact) mass is 393 g/mol. The maximum absolute atomic E-state index is 12.7. The molecule has 0 spiro atoms. The van der Waals surface area contributed by atoms with Gasteiger partial charge in [0.1, 0.15) is 16.7 Å². The Morgan fingerprint density at radius 3 is 2.44 bits per heavy atom. The highest BCUT2D eigenvalue weighted by atomic mass is 35.5. The Morgan fingerprint density at radius 2 is 1.78 bits per heavy atom. The van der Waals surface area contributed by atoms with Gasteiger partial charge in [0.15, 0.2) is 5.82 Å². The molecule has 0 fully saturated rings. The molecule has 0 saturated heterocycles. The average Bonchev–Trinajstić information content (AvgIpc) is 2.65. The van der Waals surface area contributed by atoms with Crippen molar-refractivity contribution in [1.82, 2.24) is 9.97 Å². The van der Waals surface area contributed by atoms with Gasteiger partial charge in [-0.05, 0) is 29.8 Å². The molecule has 0 bridgehead atoms. The third-order valence-corrected chi connectivity index (χ3v) is 3.97. The van der Waals surface area contributed by atoms with Crippen molar-refractivity contribution < 1.29 is 17.9 Å². The van der Waals surface area contributed by atoms with Crippen molar-refractivity contribution in [2.75, 3.05) is 12.4 Å². The van der Waals surface area contributed by atoms with Crippen molar-refractivity contribution in [2.45, 2.75) is 12.7 Å². The number of alkyl halides is 3. The summed E-state index contributed by atoms with van der Waals surface area (Å²) in [6, 6.07) is 13.7. The predicted octanol–water partition coefficient (Wildman–Crippen LogP) is 5.44. The van der Waals surface area contributed by atoms with Crippen LogP contribution in [0.5, 0.6) is 5.75 Å². The number of rotatable bonds is 5. The lowest BCUT2D eigenvalue weighted by molar-refractivity contribution is -0.137. The summed E-state index contributed by atoms with van der Waals surface area (Å²) in [7, 11) is 1.59. The van der Waals surface area contributed by atoms with Crippen LogP contribution in [0.1, 0.15) is 11.1 Å². The van der Waals surface area contributed by atoms with Crippen LogP contribution >= 0.6 is 11.6 Å². The van der Waals surface area contributed by atoms with Gasteiger partial charge in [0.2, 0.25) is 0 Å². The topological polar surface area (TPSA) is 47.0 Å². The van der Waals surface area contributed by atoms with Crippen molar-refractivity contribution in [3.8, 4) is 17.1 Å². The molecule has 27 heavy (non-hydrogen) atoms. The highest BCUT2D eigenvalue weighted by Gasteiger charge is 2.30. The Morgan fingerprint density at radius 1 is 1.04 bits per heavy atom. The molecule has 4 nitrogen and oxygen atoms in total. The minimum Gasteiger partial charge on any atom is -0.497 e. The number of nitrogens with one attached hydrogen (secondary N) is 1. The van der Waals surface area contributed by atoms with Gasteiger partial charge < -0.3 is 10.1 Å². The number of ether oxygens (including phenoxy) is 1. The highest BCUT2D eigenvalue weighted by Crippen LogP contribution is 2.30. The van der Waals surface area contributed by atoms with Crippen LogP contribution in [0.4, 0.5) is 19.0 Å². The third-order valence-electron chi connectivity index (χ3n) is 3.77. The van der Waals surface area contributed by atoms with Gasteiger partial charge >= 0.3 is 6.18 Å². The van der Waals surface area contributed by atoms with Crippen molar-refractivity contribution in [3.63, 3.8) is 0 Å². The van der Waals surface area contributed by atoms with Crippen LogP contribution < -0.4 is 10.1 Å². The van der Waals surface area contributed by atoms with E-state index in [1.807, 2.05) is 24.3 Å². The van der Waals surface area contributed by atoms with E-state index in [0.29, 0.717) is 17.9 Å². The van der Waals surface area contributed by atoms with Gasteiger partial charge in [-0.3, -0.25) is 0 Å². The molecule has 140 valence electrons. The zero-order chi connectivity index (χ0) is 19.4. The second-order valence-electron chi connectivity index (χ2n) is 5.68. The molecule has 1 aromatic heterocycles. The molecule has 0 aliphatic rings. The highest BCUT2D eigenvalue weighted by molar-refractivity contribution is 6.29. The Labute approximate surface area is 159 Å². The fourth-order valence-electron chi connectivity index (χ4n) is 2.42. The molecule has 1 heterocycles. The van der Waals surface area contributed by atoms with E-state index in [4.69, 9.17) is 16.3 Å². The molecule has 0 atom stereocenters. The second-order valence-corrected chi connectivity index (χ2v) is 6.07. The standard InChI is InChI=1S/C19H15ClF3N3O/c1-27-15-4-2-3-12(9-15)11-24-17-10-16(20)25-18(26-17)13-5-7-14(8-6-13)19(21,22)23/h2-10H,11H2,1H3,(H,24,25,26). The lowest BCUT2D eigenvalue weighted by Gasteiger charge is -2.10. The molecule has 0 amide bonds. The Kier molecular flexibility index (Phi) is 5.51. The fraction of sp³-hybridized carbons (Fsp3) is 0.158. The van der Waals surface area contributed by atoms with Crippen LogP contribution in [0.2, 0.25) is 5.15 Å². The quantitative estimate of drug-likeness (QED) is 0.586. The molecule has 3 aromatic rings. The van der Waals surface area contributed by atoms with Gasteiger partial charge in [-0.1, -0.05) is 35.9 Å². The predicted molar refractivity (Wildman–Crippen MR) is 97.8 cm³/mol. The molecular formula is C19H15ClF3N3O. The minimum atomic E-state index is -4.39. The van der Waals surface area contributed by atoms with Crippen LogP contribution in [-0.2, 0) is 12.7 Å². The number of hydrogen-bond acceptors (Lipinski definition) is 4. The third kappa shape index (κ3) is 4.89. The summed E-state index contributed by atoms with van der Waals surface area (Å²) in [6.07, 6.45) is -4.39. The smallest absolute Gasteiger partial charge is 0.416 e. The van der Waals surface area contributed by atoms with Crippen LogP contribution in [0.3, 0.4) is 0 Å². The molecule has 0 saturated carbocycles. The Hall–Kier alpha value is -2.80. The molecule has 0 radical (unpaired) electrons. The first-order chi connectivity index (χ1) is 12.8. The van der Waals surface area contributed by atoms with E-state index in [2.05, 4.69) is 15.3 Å². The largest absolute Gasteiger partial charge is 0.497 e. The SMILES string of the molecule is COc1cccc(CNc2cc(Cl)nc(-c3ccc(C(F)(F)F)cc3)n2)c1. The molecule has 0 unspecified atom stereocenters. The Bertz CT molecular complexity index is 930. The van der Waals surface area contributed by atoms with Gasteiger partial charge in [-0.15, -0.1) is 0 Å². The Balaban J connectivity index is 1.79. The molecule has 0 aliphatic heterocycles. The molecule has 3 rings (SSSR count). The first-order valence-electron chi connectivity index (χ1n) is 7.94. The molecule has 2 aromatic carbocycles. The normalized spacial score (nSPS) is 11.3. The molecular weight excluding hydrogens is 379 g/mol. The lowest BCUT2D eigenvalue weighted by Crippen LogP contribution is -2.05.